The molecule has 0 radical (unpaired) electrons. The van der Waals surface area contributed by atoms with Crippen molar-refractivity contribution in [2.24, 2.45) is 0 Å². The van der Waals surface area contributed by atoms with Gasteiger partial charge in [-0.3, -0.25) is 0 Å². The first kappa shape index (κ1) is 10.2. The number of rotatable bonds is 2. The summed E-state index contributed by atoms with van der Waals surface area (Å²) >= 11 is 0. The molecule has 0 aliphatic rings. The fraction of sp³-hybridized carbons (Fsp3) is 0.100. The summed E-state index contributed by atoms with van der Waals surface area (Å²) in [6.07, 6.45) is 1.32. The number of hydrogen-bond donors (Lipinski definition) is 2. The highest BCUT2D eigenvalue weighted by Gasteiger charge is 2.09. The van der Waals surface area contributed by atoms with Crippen LogP contribution in [0.1, 0.15) is 15.9 Å². The molecule has 0 aliphatic heterocycles. The van der Waals surface area contributed by atoms with Gasteiger partial charge in [-0.2, -0.15) is 5.10 Å². The van der Waals surface area contributed by atoms with Gasteiger partial charge in [0.15, 0.2) is 0 Å². The second-order valence-electron chi connectivity index (χ2n) is 3.34. The van der Waals surface area contributed by atoms with Gasteiger partial charge in [0.2, 0.25) is 0 Å². The molecule has 1 aromatic heterocycles. The SMILES string of the molecule is Cc1ccc(C(=O)O)cc1-n1cn[nH]c1=O. The average Bonchev–Trinajstić information content (AvgIpc) is 2.65. The molecule has 6 heteroatoms. The topological polar surface area (TPSA) is 88.0 Å². The van der Waals surface area contributed by atoms with E-state index >= 15 is 0 Å². The number of carboxylic acids is 1. The van der Waals surface area contributed by atoms with E-state index in [1.165, 1.54) is 23.0 Å². The van der Waals surface area contributed by atoms with Crippen molar-refractivity contribution in [3.63, 3.8) is 0 Å². The van der Waals surface area contributed by atoms with Crippen molar-refractivity contribution >= 4 is 5.97 Å². The molecule has 0 bridgehead atoms. The zero-order chi connectivity index (χ0) is 11.7. The molecule has 82 valence electrons. The van der Waals surface area contributed by atoms with Gasteiger partial charge in [0, 0.05) is 0 Å². The third-order valence-corrected chi connectivity index (χ3v) is 2.27. The second-order valence-corrected chi connectivity index (χ2v) is 3.34. The van der Waals surface area contributed by atoms with Crippen molar-refractivity contribution in [3.8, 4) is 5.69 Å². The summed E-state index contributed by atoms with van der Waals surface area (Å²) in [4.78, 5) is 22.2. The van der Waals surface area contributed by atoms with Crippen molar-refractivity contribution in [2.75, 3.05) is 0 Å². The van der Waals surface area contributed by atoms with Crippen LogP contribution in [0.25, 0.3) is 5.69 Å². The molecule has 0 atom stereocenters. The van der Waals surface area contributed by atoms with Crippen molar-refractivity contribution in [1.29, 1.82) is 0 Å². The van der Waals surface area contributed by atoms with Crippen LogP contribution >= 0.6 is 0 Å². The van der Waals surface area contributed by atoms with Crippen LogP contribution in [-0.2, 0) is 0 Å². The third kappa shape index (κ3) is 1.60. The highest BCUT2D eigenvalue weighted by Crippen LogP contribution is 2.14. The highest BCUT2D eigenvalue weighted by atomic mass is 16.4. The number of aryl methyl sites for hydroxylation is 1. The smallest absolute Gasteiger partial charge is 0.347 e. The molecular weight excluding hydrogens is 210 g/mol. The van der Waals surface area contributed by atoms with Crippen LogP contribution in [0.4, 0.5) is 0 Å². The Bertz CT molecular complexity index is 597. The number of H-pyrrole nitrogens is 1. The van der Waals surface area contributed by atoms with Gasteiger partial charge in [0.25, 0.3) is 0 Å². The number of benzene rings is 1. The predicted octanol–water partition coefficient (Wildman–Crippen LogP) is 0.567. The quantitative estimate of drug-likeness (QED) is 0.772. The van der Waals surface area contributed by atoms with E-state index in [-0.39, 0.29) is 5.56 Å². The number of nitrogens with zero attached hydrogens (tertiary/aromatic N) is 2. The largest absolute Gasteiger partial charge is 0.478 e. The number of nitrogens with one attached hydrogen (secondary N) is 1. The number of carboxylic acid groups (broad SMARTS) is 1. The van der Waals surface area contributed by atoms with Crippen LogP contribution in [0.3, 0.4) is 0 Å². The third-order valence-electron chi connectivity index (χ3n) is 2.27. The average molecular weight is 219 g/mol. The maximum Gasteiger partial charge on any atom is 0.347 e. The van der Waals surface area contributed by atoms with E-state index in [0.29, 0.717) is 5.69 Å². The molecule has 2 aromatic rings. The molecule has 1 aromatic carbocycles. The minimum absolute atomic E-state index is 0.133. The molecule has 1 heterocycles. The molecule has 0 amide bonds. The van der Waals surface area contributed by atoms with Crippen molar-refractivity contribution in [1.82, 2.24) is 14.8 Å². The van der Waals surface area contributed by atoms with Gasteiger partial charge in [0.1, 0.15) is 6.33 Å². The lowest BCUT2D eigenvalue weighted by atomic mass is 10.1. The first-order valence-electron chi connectivity index (χ1n) is 4.56. The molecule has 0 saturated heterocycles. The fourth-order valence-corrected chi connectivity index (χ4v) is 1.42. The number of aromatic carboxylic acids is 1. The first-order valence-corrected chi connectivity index (χ1v) is 4.56. The van der Waals surface area contributed by atoms with E-state index in [1.807, 2.05) is 0 Å². The van der Waals surface area contributed by atoms with Gasteiger partial charge >= 0.3 is 11.7 Å². The highest BCUT2D eigenvalue weighted by molar-refractivity contribution is 5.88. The first-order chi connectivity index (χ1) is 7.59. The minimum Gasteiger partial charge on any atom is -0.478 e. The fourth-order valence-electron chi connectivity index (χ4n) is 1.42. The monoisotopic (exact) mass is 219 g/mol. The number of carbonyl (C=O) groups is 1. The van der Waals surface area contributed by atoms with Gasteiger partial charge in [-0.1, -0.05) is 6.07 Å². The molecule has 0 fully saturated rings. The Hall–Kier alpha value is -2.37. The summed E-state index contributed by atoms with van der Waals surface area (Å²) in [6.45, 7) is 1.79. The minimum atomic E-state index is -1.03. The van der Waals surface area contributed by atoms with Crippen LogP contribution < -0.4 is 5.69 Å². The zero-order valence-corrected chi connectivity index (χ0v) is 8.47. The standard InChI is InChI=1S/C10H9N3O3/c1-6-2-3-7(9(14)15)4-8(6)13-5-11-12-10(13)16/h2-5H,1H3,(H,12,16)(H,14,15). The van der Waals surface area contributed by atoms with E-state index in [9.17, 15) is 9.59 Å². The van der Waals surface area contributed by atoms with Crippen LogP contribution in [-0.4, -0.2) is 25.8 Å². The Kier molecular flexibility index (Phi) is 2.32. The number of aromatic amines is 1. The molecule has 0 aliphatic carbocycles. The summed E-state index contributed by atoms with van der Waals surface area (Å²) in [5, 5.41) is 14.7. The summed E-state index contributed by atoms with van der Waals surface area (Å²) in [6, 6.07) is 4.58. The molecule has 2 rings (SSSR count). The lowest BCUT2D eigenvalue weighted by Gasteiger charge is -2.05. The maximum atomic E-state index is 11.4. The zero-order valence-electron chi connectivity index (χ0n) is 8.47. The Morgan fingerprint density at radius 1 is 1.50 bits per heavy atom. The van der Waals surface area contributed by atoms with Crippen LogP contribution in [0.2, 0.25) is 0 Å². The van der Waals surface area contributed by atoms with Crippen molar-refractivity contribution in [3.05, 3.63) is 46.1 Å². The van der Waals surface area contributed by atoms with Gasteiger partial charge in [0.05, 0.1) is 11.3 Å². The van der Waals surface area contributed by atoms with Gasteiger partial charge < -0.3 is 5.11 Å². The molecule has 0 saturated carbocycles. The molecular formula is C10H9N3O3. The molecule has 16 heavy (non-hydrogen) atoms. The summed E-state index contributed by atoms with van der Waals surface area (Å²) in [7, 11) is 0. The van der Waals surface area contributed by atoms with Gasteiger partial charge in [-0.15, -0.1) is 0 Å². The Balaban J connectivity index is 2.65. The van der Waals surface area contributed by atoms with E-state index in [2.05, 4.69) is 10.2 Å². The summed E-state index contributed by atoms with van der Waals surface area (Å²) < 4.78 is 1.27. The normalized spacial score (nSPS) is 10.3. The lowest BCUT2D eigenvalue weighted by Crippen LogP contribution is -2.15. The number of hydrogen-bond acceptors (Lipinski definition) is 3. The molecule has 6 nitrogen and oxygen atoms in total. The maximum absolute atomic E-state index is 11.4. The van der Waals surface area contributed by atoms with E-state index in [4.69, 9.17) is 5.11 Å². The number of aromatic nitrogens is 3. The Morgan fingerprint density at radius 3 is 2.81 bits per heavy atom. The van der Waals surface area contributed by atoms with E-state index < -0.39 is 11.7 Å². The lowest BCUT2D eigenvalue weighted by molar-refractivity contribution is 0.0697. The second kappa shape index (κ2) is 3.65. The van der Waals surface area contributed by atoms with Crippen LogP contribution in [0.15, 0.2) is 29.3 Å². The van der Waals surface area contributed by atoms with Gasteiger partial charge in [-0.25, -0.2) is 19.3 Å². The molecule has 0 unspecified atom stereocenters. The van der Waals surface area contributed by atoms with E-state index in [0.717, 1.165) is 5.56 Å². The van der Waals surface area contributed by atoms with Gasteiger partial charge in [-0.05, 0) is 24.6 Å². The Morgan fingerprint density at radius 2 is 2.25 bits per heavy atom. The Labute approximate surface area is 90.2 Å². The van der Waals surface area contributed by atoms with Crippen molar-refractivity contribution in [2.45, 2.75) is 6.92 Å². The summed E-state index contributed by atoms with van der Waals surface area (Å²) in [5.74, 6) is -1.03. The van der Waals surface area contributed by atoms with Crippen LogP contribution in [0.5, 0.6) is 0 Å². The van der Waals surface area contributed by atoms with Crippen molar-refractivity contribution < 1.29 is 9.90 Å². The molecule has 0 spiro atoms. The van der Waals surface area contributed by atoms with E-state index in [1.54, 1.807) is 13.0 Å². The summed E-state index contributed by atoms with van der Waals surface area (Å²) in [5.41, 5.74) is 1.05. The predicted molar refractivity (Wildman–Crippen MR) is 55.9 cm³/mol. The molecule has 2 N–H and O–H groups in total. The van der Waals surface area contributed by atoms with Crippen LogP contribution in [0, 0.1) is 6.92 Å².